The number of halogens is 3. The quantitative estimate of drug-likeness (QED) is 0.677. The summed E-state index contributed by atoms with van der Waals surface area (Å²) in [5.74, 6) is 0.0469. The average Bonchev–Trinajstić information content (AvgIpc) is 3.19. The maximum absolute atomic E-state index is 13.0. The van der Waals surface area contributed by atoms with Crippen molar-refractivity contribution in [1.29, 1.82) is 0 Å². The van der Waals surface area contributed by atoms with Crippen molar-refractivity contribution in [2.45, 2.75) is 39.4 Å². The third-order valence-electron chi connectivity index (χ3n) is 5.66. The summed E-state index contributed by atoms with van der Waals surface area (Å²) in [5, 5.41) is 2.85. The Kier molecular flexibility index (Phi) is 7.16. The van der Waals surface area contributed by atoms with Crippen molar-refractivity contribution in [3.8, 4) is 0 Å². The number of hydrogen-bond acceptors (Lipinski definition) is 5. The van der Waals surface area contributed by atoms with Gasteiger partial charge in [-0.15, -0.1) is 0 Å². The fourth-order valence-corrected chi connectivity index (χ4v) is 3.98. The second kappa shape index (κ2) is 9.54. The van der Waals surface area contributed by atoms with Crippen LogP contribution in [0.15, 0.2) is 35.1 Å². The van der Waals surface area contributed by atoms with Gasteiger partial charge >= 0.3 is 6.18 Å². The van der Waals surface area contributed by atoms with E-state index in [-0.39, 0.29) is 5.69 Å². The number of carbonyl (C=O) groups is 1. The molecule has 0 radical (unpaired) electrons. The first-order valence-corrected chi connectivity index (χ1v) is 10.7. The zero-order valence-electron chi connectivity index (χ0n) is 19.1. The van der Waals surface area contributed by atoms with E-state index in [0.29, 0.717) is 37.1 Å². The third kappa shape index (κ3) is 6.13. The molecule has 1 aromatic heterocycles. The molecule has 0 bridgehead atoms. The number of aromatic nitrogens is 2. The molecule has 33 heavy (non-hydrogen) atoms. The molecule has 1 unspecified atom stereocenters. The molecule has 2 heterocycles. The summed E-state index contributed by atoms with van der Waals surface area (Å²) >= 11 is 0. The standard InChI is InChI=1S/C23H29F3N4O3/c1-22(2,3)19(15-5-7-16(8-6-15)23(24,25)26)29-20(32)17-11-18(31)28-21(27-17)30-10-9-14(12-30)13-33-4/h5-8,11,14,19H,9-10,12-13H2,1-4H3,(H,29,32)(H,27,28,31)/t14-,19?/m1/s1. The number of alkyl halides is 3. The first kappa shape index (κ1) is 24.8. The lowest BCUT2D eigenvalue weighted by molar-refractivity contribution is -0.137. The number of aromatic amines is 1. The van der Waals surface area contributed by atoms with Gasteiger partial charge in [0.2, 0.25) is 5.95 Å². The fourth-order valence-electron chi connectivity index (χ4n) is 3.98. The molecule has 3 rings (SSSR count). The van der Waals surface area contributed by atoms with Gasteiger partial charge in [-0.05, 0) is 29.5 Å². The van der Waals surface area contributed by atoms with Crippen LogP contribution in [0.1, 0.15) is 54.8 Å². The second-order valence-corrected chi connectivity index (χ2v) is 9.40. The summed E-state index contributed by atoms with van der Waals surface area (Å²) in [5.41, 5.74) is -1.26. The molecule has 2 atom stereocenters. The molecule has 0 spiro atoms. The number of ether oxygens (including phenoxy) is 1. The number of methoxy groups -OCH3 is 1. The molecular formula is C23H29F3N4O3. The molecule has 2 aromatic rings. The van der Waals surface area contributed by atoms with Gasteiger partial charge in [0.15, 0.2) is 0 Å². The summed E-state index contributed by atoms with van der Waals surface area (Å²) in [7, 11) is 1.63. The van der Waals surface area contributed by atoms with Gasteiger partial charge in [-0.25, -0.2) is 4.98 Å². The van der Waals surface area contributed by atoms with Gasteiger partial charge in [-0.1, -0.05) is 32.9 Å². The van der Waals surface area contributed by atoms with E-state index in [1.54, 1.807) is 7.11 Å². The second-order valence-electron chi connectivity index (χ2n) is 9.40. The molecular weight excluding hydrogens is 437 g/mol. The van der Waals surface area contributed by atoms with Gasteiger partial charge in [-0.2, -0.15) is 13.2 Å². The molecule has 10 heteroatoms. The Bertz CT molecular complexity index is 1030. The molecule has 0 aliphatic carbocycles. The van der Waals surface area contributed by atoms with Crippen LogP contribution in [0.25, 0.3) is 0 Å². The normalized spacial score (nSPS) is 17.8. The van der Waals surface area contributed by atoms with Gasteiger partial charge in [0, 0.05) is 32.2 Å². The Balaban J connectivity index is 1.83. The monoisotopic (exact) mass is 466 g/mol. The van der Waals surface area contributed by atoms with Gasteiger partial charge < -0.3 is 15.0 Å². The average molecular weight is 467 g/mol. The van der Waals surface area contributed by atoms with Crippen molar-refractivity contribution >= 4 is 11.9 Å². The van der Waals surface area contributed by atoms with Crippen molar-refractivity contribution in [2.75, 3.05) is 31.7 Å². The number of hydrogen-bond donors (Lipinski definition) is 2. The lowest BCUT2D eigenvalue weighted by Gasteiger charge is -2.32. The number of amides is 1. The fraction of sp³-hybridized carbons (Fsp3) is 0.522. The van der Waals surface area contributed by atoms with E-state index < -0.39 is 34.7 Å². The van der Waals surface area contributed by atoms with Crippen LogP contribution >= 0.6 is 0 Å². The highest BCUT2D eigenvalue weighted by Gasteiger charge is 2.33. The Morgan fingerprint density at radius 1 is 1.27 bits per heavy atom. The maximum atomic E-state index is 13.0. The number of nitrogens with one attached hydrogen (secondary N) is 2. The van der Waals surface area contributed by atoms with Crippen molar-refractivity contribution in [3.05, 3.63) is 57.5 Å². The Hall–Kier alpha value is -2.88. The topological polar surface area (TPSA) is 87.3 Å². The predicted molar refractivity (Wildman–Crippen MR) is 118 cm³/mol. The molecule has 1 aliphatic rings. The first-order chi connectivity index (χ1) is 15.4. The van der Waals surface area contributed by atoms with Crippen LogP contribution in [-0.4, -0.2) is 42.7 Å². The van der Waals surface area contributed by atoms with E-state index in [1.807, 2.05) is 25.7 Å². The number of rotatable bonds is 6. The number of anilines is 1. The van der Waals surface area contributed by atoms with Crippen molar-refractivity contribution in [1.82, 2.24) is 15.3 Å². The highest BCUT2D eigenvalue weighted by Crippen LogP contribution is 2.35. The summed E-state index contributed by atoms with van der Waals surface area (Å²) < 4.78 is 44.0. The Morgan fingerprint density at radius 3 is 2.52 bits per heavy atom. The third-order valence-corrected chi connectivity index (χ3v) is 5.66. The minimum Gasteiger partial charge on any atom is -0.384 e. The number of benzene rings is 1. The molecule has 1 fully saturated rings. The van der Waals surface area contributed by atoms with Crippen molar-refractivity contribution in [2.24, 2.45) is 11.3 Å². The van der Waals surface area contributed by atoms with E-state index in [0.717, 1.165) is 24.6 Å². The molecule has 0 saturated carbocycles. The van der Waals surface area contributed by atoms with Crippen LogP contribution in [0.3, 0.4) is 0 Å². The van der Waals surface area contributed by atoms with Crippen molar-refractivity contribution in [3.63, 3.8) is 0 Å². The minimum absolute atomic E-state index is 0.0508. The predicted octanol–water partition coefficient (Wildman–Crippen LogP) is 3.78. The van der Waals surface area contributed by atoms with Gasteiger partial charge in [0.25, 0.3) is 11.5 Å². The zero-order chi connectivity index (χ0) is 24.4. The summed E-state index contributed by atoms with van der Waals surface area (Å²) in [6.45, 7) is 7.53. The summed E-state index contributed by atoms with van der Waals surface area (Å²) in [6, 6.07) is 5.22. The molecule has 180 valence electrons. The first-order valence-electron chi connectivity index (χ1n) is 10.7. The van der Waals surface area contributed by atoms with Crippen LogP contribution in [-0.2, 0) is 10.9 Å². The largest absolute Gasteiger partial charge is 0.416 e. The van der Waals surface area contributed by atoms with Gasteiger partial charge in [-0.3, -0.25) is 14.6 Å². The molecule has 1 amide bonds. The number of H-pyrrole nitrogens is 1. The van der Waals surface area contributed by atoms with Crippen LogP contribution in [0.4, 0.5) is 19.1 Å². The van der Waals surface area contributed by atoms with E-state index in [2.05, 4.69) is 15.3 Å². The lowest BCUT2D eigenvalue weighted by Crippen LogP contribution is -2.38. The SMILES string of the molecule is COC[C@@H]1CCN(c2nc(C(=O)NC(c3ccc(C(F)(F)F)cc3)C(C)(C)C)cc(=O)[nH]2)C1. The molecule has 1 aliphatic heterocycles. The Labute approximate surface area is 190 Å². The highest BCUT2D eigenvalue weighted by atomic mass is 19.4. The molecule has 1 saturated heterocycles. The van der Waals surface area contributed by atoms with Crippen molar-refractivity contribution < 1.29 is 22.7 Å². The van der Waals surface area contributed by atoms with Crippen LogP contribution in [0.2, 0.25) is 0 Å². The lowest BCUT2D eigenvalue weighted by atomic mass is 9.82. The summed E-state index contributed by atoms with van der Waals surface area (Å²) in [6.07, 6.45) is -3.56. The zero-order valence-corrected chi connectivity index (χ0v) is 19.1. The smallest absolute Gasteiger partial charge is 0.384 e. The Morgan fingerprint density at radius 2 is 1.94 bits per heavy atom. The maximum Gasteiger partial charge on any atom is 0.416 e. The van der Waals surface area contributed by atoms with E-state index in [4.69, 9.17) is 4.74 Å². The van der Waals surface area contributed by atoms with Crippen LogP contribution in [0, 0.1) is 11.3 Å². The molecule has 7 nitrogen and oxygen atoms in total. The van der Waals surface area contributed by atoms with E-state index in [1.165, 1.54) is 12.1 Å². The van der Waals surface area contributed by atoms with E-state index in [9.17, 15) is 22.8 Å². The molecule has 1 aromatic carbocycles. The van der Waals surface area contributed by atoms with Gasteiger partial charge in [0.1, 0.15) is 5.69 Å². The minimum atomic E-state index is -4.44. The van der Waals surface area contributed by atoms with Gasteiger partial charge in [0.05, 0.1) is 18.2 Å². The van der Waals surface area contributed by atoms with E-state index >= 15 is 0 Å². The molecule has 2 N–H and O–H groups in total. The number of carbonyl (C=O) groups excluding carboxylic acids is 1. The number of nitrogens with zero attached hydrogens (tertiary/aromatic N) is 2. The van der Waals surface area contributed by atoms with Crippen LogP contribution in [0.5, 0.6) is 0 Å². The van der Waals surface area contributed by atoms with Crippen LogP contribution < -0.4 is 15.8 Å². The summed E-state index contributed by atoms with van der Waals surface area (Å²) in [4.78, 5) is 34.2. The highest BCUT2D eigenvalue weighted by molar-refractivity contribution is 5.92.